The van der Waals surface area contributed by atoms with Crippen molar-refractivity contribution < 1.29 is 19.3 Å². The lowest BCUT2D eigenvalue weighted by atomic mass is 10.0. The third-order valence-corrected chi connectivity index (χ3v) is 6.71. The van der Waals surface area contributed by atoms with Crippen molar-refractivity contribution in [3.8, 4) is 50.9 Å². The summed E-state index contributed by atoms with van der Waals surface area (Å²) in [6, 6.07) is 19.8. The van der Waals surface area contributed by atoms with Crippen LogP contribution < -0.4 is 9.47 Å². The molecule has 2 heterocycles. The molecule has 0 spiro atoms. The molecule has 0 atom stereocenters. The first-order chi connectivity index (χ1) is 16.7. The van der Waals surface area contributed by atoms with Crippen molar-refractivity contribution in [2.75, 3.05) is 20.3 Å². The average Bonchev–Trinajstić information content (AvgIpc) is 3.44. The van der Waals surface area contributed by atoms with Gasteiger partial charge in [0.1, 0.15) is 11.9 Å². The Morgan fingerprint density at radius 3 is 2.29 bits per heavy atom. The zero-order chi connectivity index (χ0) is 23.1. The summed E-state index contributed by atoms with van der Waals surface area (Å²) in [5, 5.41) is 17.4. The minimum Gasteiger partial charge on any atom is -0.508 e. The molecule has 0 radical (unpaired) electrons. The van der Waals surface area contributed by atoms with Crippen LogP contribution in [0.15, 0.2) is 60.7 Å². The fourth-order valence-corrected chi connectivity index (χ4v) is 4.87. The number of rotatable bonds is 5. The Balaban J connectivity index is 1.28. The second-order valence-electron chi connectivity index (χ2n) is 8.82. The standard InChI is InChI=1S/C28H26N2O4/c1-32-25-16-23-20(15-26(25)34-22-10-12-33-13-11-22)14-24-27(29-30-28(23)24)19-4-2-17(3-5-19)18-6-8-21(31)9-7-18/h2-9,15-16,22,31H,10-14H2,1H3,(H,29,30). The molecular formula is C28H26N2O4. The lowest BCUT2D eigenvalue weighted by molar-refractivity contribution is 0.0245. The summed E-state index contributed by atoms with van der Waals surface area (Å²) < 4.78 is 17.4. The third-order valence-electron chi connectivity index (χ3n) is 6.71. The number of fused-ring (bicyclic) bond motifs is 3. The molecule has 172 valence electrons. The van der Waals surface area contributed by atoms with E-state index >= 15 is 0 Å². The molecule has 0 bridgehead atoms. The number of phenolic OH excluding ortho intramolecular Hbond substituents is 1. The Morgan fingerprint density at radius 2 is 1.59 bits per heavy atom. The number of methoxy groups -OCH3 is 1. The summed E-state index contributed by atoms with van der Waals surface area (Å²) in [4.78, 5) is 0. The highest BCUT2D eigenvalue weighted by Gasteiger charge is 2.28. The van der Waals surface area contributed by atoms with Crippen LogP contribution in [0.5, 0.6) is 17.2 Å². The number of nitrogens with one attached hydrogen (secondary N) is 1. The van der Waals surface area contributed by atoms with E-state index in [1.54, 1.807) is 19.2 Å². The van der Waals surface area contributed by atoms with E-state index < -0.39 is 0 Å². The normalized spacial score (nSPS) is 15.1. The van der Waals surface area contributed by atoms with Crippen LogP contribution in [-0.2, 0) is 11.2 Å². The monoisotopic (exact) mass is 454 g/mol. The van der Waals surface area contributed by atoms with E-state index in [1.807, 2.05) is 12.1 Å². The van der Waals surface area contributed by atoms with Crippen LogP contribution in [0.4, 0.5) is 0 Å². The second-order valence-corrected chi connectivity index (χ2v) is 8.82. The number of nitrogens with zero attached hydrogens (tertiary/aromatic N) is 1. The highest BCUT2D eigenvalue weighted by atomic mass is 16.5. The highest BCUT2D eigenvalue weighted by Crippen LogP contribution is 2.45. The van der Waals surface area contributed by atoms with Crippen LogP contribution in [0.3, 0.4) is 0 Å². The lowest BCUT2D eigenvalue weighted by Gasteiger charge is -2.24. The number of aromatic amines is 1. The maximum absolute atomic E-state index is 9.54. The van der Waals surface area contributed by atoms with Crippen molar-refractivity contribution in [1.82, 2.24) is 10.2 Å². The van der Waals surface area contributed by atoms with Crippen molar-refractivity contribution in [1.29, 1.82) is 0 Å². The number of aromatic hydroxyl groups is 1. The first kappa shape index (κ1) is 20.8. The summed E-state index contributed by atoms with van der Waals surface area (Å²) in [7, 11) is 1.68. The summed E-state index contributed by atoms with van der Waals surface area (Å²) in [5.74, 6) is 1.81. The Bertz CT molecular complexity index is 1320. The number of aromatic nitrogens is 2. The fraction of sp³-hybridized carbons (Fsp3) is 0.250. The van der Waals surface area contributed by atoms with E-state index in [4.69, 9.17) is 14.2 Å². The zero-order valence-corrected chi connectivity index (χ0v) is 19.0. The molecule has 34 heavy (non-hydrogen) atoms. The maximum atomic E-state index is 9.54. The molecule has 6 rings (SSSR count). The van der Waals surface area contributed by atoms with Gasteiger partial charge in [-0.2, -0.15) is 5.10 Å². The van der Waals surface area contributed by atoms with E-state index in [0.717, 1.165) is 77.6 Å². The molecule has 6 nitrogen and oxygen atoms in total. The Hall–Kier alpha value is -3.77. The predicted molar refractivity (Wildman–Crippen MR) is 130 cm³/mol. The smallest absolute Gasteiger partial charge is 0.161 e. The molecule has 1 fully saturated rings. The van der Waals surface area contributed by atoms with E-state index in [0.29, 0.717) is 0 Å². The quantitative estimate of drug-likeness (QED) is 0.362. The van der Waals surface area contributed by atoms with Crippen LogP contribution in [-0.4, -0.2) is 41.7 Å². The van der Waals surface area contributed by atoms with Gasteiger partial charge in [0.25, 0.3) is 0 Å². The molecule has 3 aromatic carbocycles. The van der Waals surface area contributed by atoms with Gasteiger partial charge in [-0.1, -0.05) is 36.4 Å². The van der Waals surface area contributed by atoms with E-state index in [2.05, 4.69) is 46.6 Å². The number of hydrogen-bond acceptors (Lipinski definition) is 5. The Labute approximate surface area is 198 Å². The molecule has 1 saturated heterocycles. The van der Waals surface area contributed by atoms with Gasteiger partial charge >= 0.3 is 0 Å². The summed E-state index contributed by atoms with van der Waals surface area (Å²) in [6.45, 7) is 1.48. The molecule has 0 unspecified atom stereocenters. The number of phenols is 1. The van der Waals surface area contributed by atoms with Crippen molar-refractivity contribution in [2.45, 2.75) is 25.4 Å². The van der Waals surface area contributed by atoms with Gasteiger partial charge in [0.05, 0.1) is 31.7 Å². The van der Waals surface area contributed by atoms with E-state index in [9.17, 15) is 5.11 Å². The van der Waals surface area contributed by atoms with Crippen molar-refractivity contribution in [3.05, 3.63) is 71.8 Å². The van der Waals surface area contributed by atoms with Gasteiger partial charge < -0.3 is 19.3 Å². The summed E-state index contributed by atoms with van der Waals surface area (Å²) in [6.07, 6.45) is 2.75. The van der Waals surface area contributed by atoms with Crippen LogP contribution in [0, 0.1) is 0 Å². The van der Waals surface area contributed by atoms with Crippen LogP contribution in [0.1, 0.15) is 24.0 Å². The van der Waals surface area contributed by atoms with Crippen LogP contribution in [0.2, 0.25) is 0 Å². The van der Waals surface area contributed by atoms with Crippen molar-refractivity contribution in [2.24, 2.45) is 0 Å². The number of ether oxygens (including phenoxy) is 3. The molecule has 1 aliphatic heterocycles. The molecular weight excluding hydrogens is 428 g/mol. The number of H-pyrrole nitrogens is 1. The molecule has 0 saturated carbocycles. The van der Waals surface area contributed by atoms with Crippen LogP contribution in [0.25, 0.3) is 33.6 Å². The van der Waals surface area contributed by atoms with E-state index in [-0.39, 0.29) is 11.9 Å². The Morgan fingerprint density at radius 1 is 0.912 bits per heavy atom. The lowest BCUT2D eigenvalue weighted by Crippen LogP contribution is -2.26. The Kier molecular flexibility index (Phi) is 5.23. The topological polar surface area (TPSA) is 76.6 Å². The predicted octanol–water partition coefficient (Wildman–Crippen LogP) is 5.59. The van der Waals surface area contributed by atoms with Gasteiger partial charge in [0, 0.05) is 36.0 Å². The molecule has 2 N–H and O–H groups in total. The largest absolute Gasteiger partial charge is 0.508 e. The van der Waals surface area contributed by atoms with Crippen molar-refractivity contribution >= 4 is 0 Å². The zero-order valence-electron chi connectivity index (χ0n) is 19.0. The van der Waals surface area contributed by atoms with Gasteiger partial charge in [-0.05, 0) is 41.0 Å². The SMILES string of the molecule is COc1cc2c(cc1OC1CCOCC1)Cc1c(-c3ccc(-c4ccc(O)cc4)cc3)n[nH]c1-2. The fourth-order valence-electron chi connectivity index (χ4n) is 4.87. The van der Waals surface area contributed by atoms with E-state index in [1.165, 1.54) is 11.1 Å². The van der Waals surface area contributed by atoms with Gasteiger partial charge in [-0.15, -0.1) is 0 Å². The van der Waals surface area contributed by atoms with Crippen LogP contribution >= 0.6 is 0 Å². The maximum Gasteiger partial charge on any atom is 0.161 e. The van der Waals surface area contributed by atoms with Crippen molar-refractivity contribution in [3.63, 3.8) is 0 Å². The number of hydrogen-bond donors (Lipinski definition) is 2. The first-order valence-electron chi connectivity index (χ1n) is 11.6. The number of benzene rings is 3. The highest BCUT2D eigenvalue weighted by molar-refractivity contribution is 5.83. The van der Waals surface area contributed by atoms with Gasteiger partial charge in [-0.3, -0.25) is 5.10 Å². The minimum atomic E-state index is 0.157. The summed E-state index contributed by atoms with van der Waals surface area (Å²) >= 11 is 0. The third kappa shape index (κ3) is 3.70. The minimum absolute atomic E-state index is 0.157. The molecule has 1 aromatic heterocycles. The van der Waals surface area contributed by atoms with Gasteiger partial charge in [0.2, 0.25) is 0 Å². The summed E-state index contributed by atoms with van der Waals surface area (Å²) in [5.41, 5.74) is 8.76. The average molecular weight is 455 g/mol. The molecule has 2 aliphatic rings. The van der Waals surface area contributed by atoms with Gasteiger partial charge in [0.15, 0.2) is 11.5 Å². The van der Waals surface area contributed by atoms with Gasteiger partial charge in [-0.25, -0.2) is 0 Å². The first-order valence-corrected chi connectivity index (χ1v) is 11.6. The molecule has 1 aliphatic carbocycles. The molecule has 4 aromatic rings. The molecule has 6 heteroatoms. The molecule has 0 amide bonds. The second kappa shape index (κ2) is 8.54.